The fraction of sp³-hybridized carbons (Fsp3) is 0.800. The van der Waals surface area contributed by atoms with Crippen molar-refractivity contribution in [2.75, 3.05) is 12.4 Å². The Labute approximate surface area is 79.6 Å². The summed E-state index contributed by atoms with van der Waals surface area (Å²) in [5, 5.41) is 0.909. The van der Waals surface area contributed by atoms with Gasteiger partial charge in [0, 0.05) is 11.0 Å². The maximum atomic E-state index is 5.07. The Balaban J connectivity index is 1.94. The van der Waals surface area contributed by atoms with Gasteiger partial charge in [-0.1, -0.05) is 25.8 Å². The van der Waals surface area contributed by atoms with Crippen molar-refractivity contribution in [3.8, 4) is 0 Å². The quantitative estimate of drug-likeness (QED) is 0.481. The van der Waals surface area contributed by atoms with E-state index < -0.39 is 0 Å². The highest BCUT2D eigenvalue weighted by Gasteiger charge is 2.12. The molecule has 0 bridgehead atoms. The molecule has 0 N–H and O–H groups in total. The van der Waals surface area contributed by atoms with Gasteiger partial charge in [0.25, 0.3) is 0 Å². The highest BCUT2D eigenvalue weighted by atomic mass is 32.2. The number of rotatable bonds is 5. The molecule has 0 radical (unpaired) electrons. The first-order valence-electron chi connectivity index (χ1n) is 4.77. The van der Waals surface area contributed by atoms with Crippen molar-refractivity contribution in [2.45, 2.75) is 37.4 Å². The molecule has 12 heavy (non-hydrogen) atoms. The van der Waals surface area contributed by atoms with Gasteiger partial charge in [0.15, 0.2) is 0 Å². The Morgan fingerprint density at radius 1 is 1.33 bits per heavy atom. The summed E-state index contributed by atoms with van der Waals surface area (Å²) in [6, 6.07) is 0. The predicted octanol–water partition coefficient (Wildman–Crippen LogP) is 3.21. The Hall–Kier alpha value is -0.110. The molecule has 0 aliphatic heterocycles. The van der Waals surface area contributed by atoms with Crippen LogP contribution in [-0.2, 0) is 4.74 Å². The smallest absolute Gasteiger partial charge is 0.0963 e. The molecule has 70 valence electrons. The summed E-state index contributed by atoms with van der Waals surface area (Å²) in [6.07, 6.45) is 8.67. The van der Waals surface area contributed by atoms with Crippen LogP contribution in [0.25, 0.3) is 0 Å². The van der Waals surface area contributed by atoms with Crippen LogP contribution in [0.2, 0.25) is 0 Å². The molecule has 0 atom stereocenters. The van der Waals surface area contributed by atoms with Gasteiger partial charge in [0.05, 0.1) is 12.9 Å². The Kier molecular flexibility index (Phi) is 5.33. The summed E-state index contributed by atoms with van der Waals surface area (Å²) >= 11 is 2.06. The van der Waals surface area contributed by atoms with E-state index in [2.05, 4.69) is 18.3 Å². The first-order chi connectivity index (χ1) is 5.93. The van der Waals surface area contributed by atoms with Crippen LogP contribution in [0.4, 0.5) is 0 Å². The average molecular weight is 186 g/mol. The molecule has 0 aromatic heterocycles. The van der Waals surface area contributed by atoms with E-state index in [4.69, 9.17) is 4.74 Å². The standard InChI is InChI=1S/C10H18OS/c1-2-11-8-9-12-10-6-4-3-5-7-10/h2,10H,1,3-9H2. The fourth-order valence-corrected chi connectivity index (χ4v) is 2.77. The lowest BCUT2D eigenvalue weighted by Gasteiger charge is -2.20. The minimum atomic E-state index is 0.824. The molecule has 1 saturated carbocycles. The van der Waals surface area contributed by atoms with Gasteiger partial charge in [0.1, 0.15) is 0 Å². The Morgan fingerprint density at radius 2 is 2.08 bits per heavy atom. The number of ether oxygens (including phenoxy) is 1. The van der Waals surface area contributed by atoms with E-state index in [1.807, 2.05) is 0 Å². The topological polar surface area (TPSA) is 9.23 Å². The molecule has 1 nitrogen and oxygen atoms in total. The van der Waals surface area contributed by atoms with E-state index in [1.165, 1.54) is 38.4 Å². The van der Waals surface area contributed by atoms with Crippen LogP contribution in [0.1, 0.15) is 32.1 Å². The molecule has 1 fully saturated rings. The molecule has 0 unspecified atom stereocenters. The summed E-state index contributed by atoms with van der Waals surface area (Å²) in [6.45, 7) is 4.34. The van der Waals surface area contributed by atoms with Gasteiger partial charge in [-0.2, -0.15) is 11.8 Å². The van der Waals surface area contributed by atoms with Crippen molar-refractivity contribution in [1.82, 2.24) is 0 Å². The number of hydrogen-bond acceptors (Lipinski definition) is 2. The van der Waals surface area contributed by atoms with Crippen molar-refractivity contribution in [1.29, 1.82) is 0 Å². The molecule has 1 rings (SSSR count). The highest BCUT2D eigenvalue weighted by Crippen LogP contribution is 2.27. The molecular weight excluding hydrogens is 168 g/mol. The van der Waals surface area contributed by atoms with E-state index in [1.54, 1.807) is 0 Å². The normalized spacial score (nSPS) is 19.0. The van der Waals surface area contributed by atoms with Crippen molar-refractivity contribution in [3.05, 3.63) is 12.8 Å². The molecule has 0 heterocycles. The zero-order chi connectivity index (χ0) is 8.65. The zero-order valence-electron chi connectivity index (χ0n) is 7.63. The average Bonchev–Trinajstić information content (AvgIpc) is 2.14. The van der Waals surface area contributed by atoms with Crippen LogP contribution in [0.3, 0.4) is 0 Å². The monoisotopic (exact) mass is 186 g/mol. The van der Waals surface area contributed by atoms with E-state index in [-0.39, 0.29) is 0 Å². The molecule has 0 aromatic rings. The molecule has 1 aliphatic rings. The lowest BCUT2D eigenvalue weighted by Crippen LogP contribution is -2.09. The summed E-state index contributed by atoms with van der Waals surface area (Å²) in [5.74, 6) is 1.12. The lowest BCUT2D eigenvalue weighted by molar-refractivity contribution is 0.274. The second-order valence-electron chi connectivity index (χ2n) is 3.17. The Morgan fingerprint density at radius 3 is 2.75 bits per heavy atom. The van der Waals surface area contributed by atoms with E-state index in [0.29, 0.717) is 0 Å². The first-order valence-corrected chi connectivity index (χ1v) is 5.82. The minimum absolute atomic E-state index is 0.824. The van der Waals surface area contributed by atoms with Gasteiger partial charge in [-0.15, -0.1) is 0 Å². The summed E-state index contributed by atoms with van der Waals surface area (Å²) in [4.78, 5) is 0. The fourth-order valence-electron chi connectivity index (χ4n) is 1.58. The van der Waals surface area contributed by atoms with Crippen LogP contribution in [0.5, 0.6) is 0 Å². The van der Waals surface area contributed by atoms with Gasteiger partial charge in [-0.25, -0.2) is 0 Å². The van der Waals surface area contributed by atoms with Crippen molar-refractivity contribution >= 4 is 11.8 Å². The molecule has 0 saturated heterocycles. The third-order valence-corrected chi connectivity index (χ3v) is 3.57. The van der Waals surface area contributed by atoms with Crippen LogP contribution in [0, 0.1) is 0 Å². The lowest BCUT2D eigenvalue weighted by atomic mass is 10.0. The molecule has 2 heteroatoms. The summed E-state index contributed by atoms with van der Waals surface area (Å²) in [5.41, 5.74) is 0. The molecule has 1 aliphatic carbocycles. The summed E-state index contributed by atoms with van der Waals surface area (Å²) < 4.78 is 5.07. The van der Waals surface area contributed by atoms with Crippen LogP contribution in [-0.4, -0.2) is 17.6 Å². The molecule has 0 amide bonds. The zero-order valence-corrected chi connectivity index (χ0v) is 8.44. The van der Waals surface area contributed by atoms with Gasteiger partial charge in [-0.3, -0.25) is 0 Å². The maximum Gasteiger partial charge on any atom is 0.0963 e. The predicted molar refractivity (Wildman–Crippen MR) is 55.5 cm³/mol. The van der Waals surface area contributed by atoms with Crippen LogP contribution < -0.4 is 0 Å². The second kappa shape index (κ2) is 6.41. The minimum Gasteiger partial charge on any atom is -0.501 e. The van der Waals surface area contributed by atoms with E-state index in [9.17, 15) is 0 Å². The van der Waals surface area contributed by atoms with Crippen LogP contribution >= 0.6 is 11.8 Å². The third-order valence-electron chi connectivity index (χ3n) is 2.22. The first kappa shape index (κ1) is 9.97. The number of hydrogen-bond donors (Lipinski definition) is 0. The SMILES string of the molecule is C=COCCSC1CCCCC1. The molecule has 0 aromatic carbocycles. The largest absolute Gasteiger partial charge is 0.501 e. The van der Waals surface area contributed by atoms with Crippen molar-refractivity contribution < 1.29 is 4.74 Å². The van der Waals surface area contributed by atoms with Crippen molar-refractivity contribution in [2.24, 2.45) is 0 Å². The third kappa shape index (κ3) is 4.05. The maximum absolute atomic E-state index is 5.07. The number of thioether (sulfide) groups is 1. The molecule has 0 spiro atoms. The van der Waals surface area contributed by atoms with Gasteiger partial charge >= 0.3 is 0 Å². The van der Waals surface area contributed by atoms with Gasteiger partial charge in [-0.05, 0) is 12.8 Å². The van der Waals surface area contributed by atoms with Gasteiger partial charge in [0.2, 0.25) is 0 Å². The van der Waals surface area contributed by atoms with Crippen LogP contribution in [0.15, 0.2) is 12.8 Å². The highest BCUT2D eigenvalue weighted by molar-refractivity contribution is 7.99. The molecular formula is C10H18OS. The van der Waals surface area contributed by atoms with Gasteiger partial charge < -0.3 is 4.74 Å². The van der Waals surface area contributed by atoms with E-state index >= 15 is 0 Å². The van der Waals surface area contributed by atoms with Crippen molar-refractivity contribution in [3.63, 3.8) is 0 Å². The Bertz CT molecular complexity index is 119. The second-order valence-corrected chi connectivity index (χ2v) is 4.58. The summed E-state index contributed by atoms with van der Waals surface area (Å²) in [7, 11) is 0. The van der Waals surface area contributed by atoms with E-state index in [0.717, 1.165) is 17.6 Å².